The number of carbonyl (C=O) groups excluding carboxylic acids is 3. The lowest BCUT2D eigenvalue weighted by atomic mass is 9.89. The summed E-state index contributed by atoms with van der Waals surface area (Å²) < 4.78 is 5.01. The normalized spacial score (nSPS) is 15.1. The molecule has 7 heteroatoms. The molecule has 2 rings (SSSR count). The molecule has 0 atom stereocenters. The summed E-state index contributed by atoms with van der Waals surface area (Å²) in [7, 11) is 0. The van der Waals surface area contributed by atoms with E-state index in [2.05, 4.69) is 10.6 Å². The molecule has 1 saturated heterocycles. The number of hydrogen-bond acceptors (Lipinski definition) is 4. The Morgan fingerprint density at radius 1 is 1.11 bits per heavy atom. The molecule has 0 spiro atoms. The lowest BCUT2D eigenvalue weighted by molar-refractivity contribution is -0.139. The fourth-order valence-corrected chi connectivity index (χ4v) is 3.12. The van der Waals surface area contributed by atoms with E-state index in [1.54, 1.807) is 25.7 Å². The van der Waals surface area contributed by atoms with Gasteiger partial charge in [0.15, 0.2) is 0 Å². The van der Waals surface area contributed by atoms with Crippen molar-refractivity contribution in [1.29, 1.82) is 0 Å². The third kappa shape index (κ3) is 5.24. The molecule has 1 aliphatic rings. The second-order valence-electron chi connectivity index (χ2n) is 7.52. The molecule has 1 aromatic carbocycles. The van der Waals surface area contributed by atoms with Crippen LogP contribution in [0.4, 0.5) is 10.5 Å². The van der Waals surface area contributed by atoms with Gasteiger partial charge in [-0.05, 0) is 51.7 Å². The maximum absolute atomic E-state index is 12.8. The second kappa shape index (κ2) is 9.57. The number of aryl methyl sites for hydroxylation is 1. The Kier molecular flexibility index (Phi) is 7.43. The third-order valence-electron chi connectivity index (χ3n) is 5.14. The van der Waals surface area contributed by atoms with Crippen LogP contribution in [0.1, 0.15) is 46.1 Å². The zero-order valence-electron chi connectivity index (χ0n) is 17.2. The Labute approximate surface area is 166 Å². The van der Waals surface area contributed by atoms with Gasteiger partial charge in [0.05, 0.1) is 6.61 Å². The molecule has 28 heavy (non-hydrogen) atoms. The van der Waals surface area contributed by atoms with Crippen LogP contribution in [0.2, 0.25) is 0 Å². The fraction of sp³-hybridized carbons (Fsp3) is 0.571. The molecule has 154 valence electrons. The standard InChI is InChI=1S/C21H31N3O4/c1-5-15-9-7-8-10-17(15)23-19(26)21(3,4)18(25)22-16-11-13-24(14-12-16)20(27)28-6-2/h7-10,16H,5-6,11-14H2,1-4H3,(H,22,25)(H,23,26). The first-order valence-corrected chi connectivity index (χ1v) is 9.91. The smallest absolute Gasteiger partial charge is 0.409 e. The predicted octanol–water partition coefficient (Wildman–Crippen LogP) is 2.95. The molecular weight excluding hydrogens is 358 g/mol. The first kappa shape index (κ1) is 21.7. The Morgan fingerprint density at radius 3 is 2.36 bits per heavy atom. The maximum Gasteiger partial charge on any atom is 0.409 e. The van der Waals surface area contributed by atoms with Gasteiger partial charge in [-0.25, -0.2) is 4.79 Å². The van der Waals surface area contributed by atoms with Crippen LogP contribution in [0.5, 0.6) is 0 Å². The predicted molar refractivity (Wildman–Crippen MR) is 108 cm³/mol. The Morgan fingerprint density at radius 2 is 1.75 bits per heavy atom. The lowest BCUT2D eigenvalue weighted by Gasteiger charge is -2.33. The van der Waals surface area contributed by atoms with Crippen LogP contribution in [0.25, 0.3) is 0 Å². The van der Waals surface area contributed by atoms with E-state index in [9.17, 15) is 14.4 Å². The van der Waals surface area contributed by atoms with Crippen molar-refractivity contribution in [2.45, 2.75) is 53.0 Å². The van der Waals surface area contributed by atoms with Gasteiger partial charge in [0.2, 0.25) is 11.8 Å². The number of para-hydroxylation sites is 1. The molecule has 1 aliphatic heterocycles. The summed E-state index contributed by atoms with van der Waals surface area (Å²) in [6.45, 7) is 8.45. The van der Waals surface area contributed by atoms with Crippen LogP contribution in [0.3, 0.4) is 0 Å². The van der Waals surface area contributed by atoms with E-state index in [0.29, 0.717) is 32.5 Å². The van der Waals surface area contributed by atoms with Gasteiger partial charge >= 0.3 is 6.09 Å². The first-order chi connectivity index (χ1) is 13.3. The topological polar surface area (TPSA) is 87.7 Å². The summed E-state index contributed by atoms with van der Waals surface area (Å²) in [6, 6.07) is 7.53. The van der Waals surface area contributed by atoms with Gasteiger partial charge in [-0.1, -0.05) is 25.1 Å². The van der Waals surface area contributed by atoms with Crippen molar-refractivity contribution < 1.29 is 19.1 Å². The van der Waals surface area contributed by atoms with Crippen LogP contribution in [-0.2, 0) is 20.7 Å². The van der Waals surface area contributed by atoms with Gasteiger partial charge in [0.1, 0.15) is 5.41 Å². The van der Waals surface area contributed by atoms with Crippen LogP contribution in [-0.4, -0.2) is 48.5 Å². The van der Waals surface area contributed by atoms with Gasteiger partial charge in [-0.15, -0.1) is 0 Å². The zero-order valence-corrected chi connectivity index (χ0v) is 17.2. The number of benzene rings is 1. The Balaban J connectivity index is 1.92. The number of carbonyl (C=O) groups is 3. The van der Waals surface area contributed by atoms with Crippen molar-refractivity contribution in [3.8, 4) is 0 Å². The van der Waals surface area contributed by atoms with E-state index in [0.717, 1.165) is 17.7 Å². The molecule has 1 aromatic rings. The van der Waals surface area contributed by atoms with E-state index in [1.807, 2.05) is 31.2 Å². The average Bonchev–Trinajstić information content (AvgIpc) is 2.69. The molecule has 0 bridgehead atoms. The largest absolute Gasteiger partial charge is 0.450 e. The van der Waals surface area contributed by atoms with Crippen molar-refractivity contribution in [1.82, 2.24) is 10.2 Å². The van der Waals surface area contributed by atoms with Gasteiger partial charge in [0, 0.05) is 24.8 Å². The summed E-state index contributed by atoms with van der Waals surface area (Å²) in [6.07, 6.45) is 1.76. The van der Waals surface area contributed by atoms with E-state index < -0.39 is 5.41 Å². The number of anilines is 1. The summed E-state index contributed by atoms with van der Waals surface area (Å²) in [4.78, 5) is 38.9. The number of ether oxygens (including phenoxy) is 1. The minimum absolute atomic E-state index is 0.0619. The molecular formula is C21H31N3O4. The highest BCUT2D eigenvalue weighted by Gasteiger charge is 2.38. The molecule has 0 aliphatic carbocycles. The molecule has 2 N–H and O–H groups in total. The first-order valence-electron chi connectivity index (χ1n) is 9.91. The molecule has 1 fully saturated rings. The van der Waals surface area contributed by atoms with Gasteiger partial charge in [0.25, 0.3) is 0 Å². The molecule has 0 radical (unpaired) electrons. The SMILES string of the molecule is CCOC(=O)N1CCC(NC(=O)C(C)(C)C(=O)Nc2ccccc2CC)CC1. The van der Waals surface area contributed by atoms with Crippen molar-refractivity contribution in [2.75, 3.05) is 25.0 Å². The molecule has 0 saturated carbocycles. The van der Waals surface area contributed by atoms with Crippen LogP contribution in [0, 0.1) is 5.41 Å². The van der Waals surface area contributed by atoms with Crippen molar-refractivity contribution in [3.05, 3.63) is 29.8 Å². The Bertz CT molecular complexity index is 709. The summed E-state index contributed by atoms with van der Waals surface area (Å²) >= 11 is 0. The van der Waals surface area contributed by atoms with Gasteiger partial charge in [-0.2, -0.15) is 0 Å². The summed E-state index contributed by atoms with van der Waals surface area (Å²) in [5.41, 5.74) is 0.552. The highest BCUT2D eigenvalue weighted by atomic mass is 16.6. The number of amides is 3. The molecule has 7 nitrogen and oxygen atoms in total. The number of nitrogens with zero attached hydrogens (tertiary/aromatic N) is 1. The average molecular weight is 389 g/mol. The number of likely N-dealkylation sites (tertiary alicyclic amines) is 1. The van der Waals surface area contributed by atoms with E-state index in [4.69, 9.17) is 4.74 Å². The van der Waals surface area contributed by atoms with Crippen LogP contribution < -0.4 is 10.6 Å². The highest BCUT2D eigenvalue weighted by molar-refractivity contribution is 6.10. The molecule has 3 amide bonds. The monoisotopic (exact) mass is 389 g/mol. The van der Waals surface area contributed by atoms with Crippen LogP contribution in [0.15, 0.2) is 24.3 Å². The van der Waals surface area contributed by atoms with E-state index in [1.165, 1.54) is 0 Å². The summed E-state index contributed by atoms with van der Waals surface area (Å²) in [5, 5.41) is 5.85. The van der Waals surface area contributed by atoms with Crippen molar-refractivity contribution in [2.24, 2.45) is 5.41 Å². The van der Waals surface area contributed by atoms with Gasteiger partial charge < -0.3 is 20.3 Å². The maximum atomic E-state index is 12.8. The Hall–Kier alpha value is -2.57. The minimum Gasteiger partial charge on any atom is -0.450 e. The minimum atomic E-state index is -1.21. The number of rotatable bonds is 6. The lowest BCUT2D eigenvalue weighted by Crippen LogP contribution is -2.52. The number of piperidine rings is 1. The molecule has 1 heterocycles. The zero-order chi connectivity index (χ0) is 20.7. The van der Waals surface area contributed by atoms with E-state index in [-0.39, 0.29) is 23.9 Å². The van der Waals surface area contributed by atoms with Crippen LogP contribution >= 0.6 is 0 Å². The van der Waals surface area contributed by atoms with E-state index >= 15 is 0 Å². The molecule has 0 aromatic heterocycles. The van der Waals surface area contributed by atoms with Crippen molar-refractivity contribution >= 4 is 23.6 Å². The summed E-state index contributed by atoms with van der Waals surface area (Å²) in [5.74, 6) is -0.650. The second-order valence-corrected chi connectivity index (χ2v) is 7.52. The third-order valence-corrected chi connectivity index (χ3v) is 5.14. The number of hydrogen-bond donors (Lipinski definition) is 2. The van der Waals surface area contributed by atoms with Gasteiger partial charge in [-0.3, -0.25) is 9.59 Å². The fourth-order valence-electron chi connectivity index (χ4n) is 3.12. The number of nitrogens with one attached hydrogen (secondary N) is 2. The highest BCUT2D eigenvalue weighted by Crippen LogP contribution is 2.23. The van der Waals surface area contributed by atoms with Crippen molar-refractivity contribution in [3.63, 3.8) is 0 Å². The molecule has 0 unspecified atom stereocenters. The quantitative estimate of drug-likeness (QED) is 0.732.